The van der Waals surface area contributed by atoms with E-state index >= 15 is 0 Å². The highest BCUT2D eigenvalue weighted by Crippen LogP contribution is 2.36. The Morgan fingerprint density at radius 3 is 1.97 bits per heavy atom. The fraction of sp³-hybridized carbons (Fsp3) is 0.348. The number of alkyl halides is 6. The molecule has 0 saturated heterocycles. The van der Waals surface area contributed by atoms with Crippen LogP contribution in [-0.2, 0) is 33.4 Å². The molecule has 2 aromatic rings. The minimum absolute atomic E-state index is 0.0646. The van der Waals surface area contributed by atoms with Gasteiger partial charge < -0.3 is 15.0 Å². The van der Waals surface area contributed by atoms with Crippen LogP contribution in [0.25, 0.3) is 0 Å². The number of nitrogens with one attached hydrogen (secondary N) is 1. The lowest BCUT2D eigenvalue weighted by Gasteiger charge is -2.14. The molecule has 192 valence electrons. The molecule has 1 N–H and O–H groups in total. The molecule has 2 rings (SSSR count). The number of oxime groups is 2. The number of benzene rings is 2. The fourth-order valence-corrected chi connectivity index (χ4v) is 2.83. The highest BCUT2D eigenvalue weighted by molar-refractivity contribution is 6.00. The van der Waals surface area contributed by atoms with Crippen LogP contribution in [0.1, 0.15) is 47.2 Å². The summed E-state index contributed by atoms with van der Waals surface area (Å²) in [5.74, 6) is 0. The normalized spacial score (nSPS) is 12.4. The molecule has 0 aliphatic heterocycles. The van der Waals surface area contributed by atoms with Gasteiger partial charge in [-0.25, -0.2) is 0 Å². The van der Waals surface area contributed by atoms with Gasteiger partial charge in [0, 0.05) is 23.7 Å². The van der Waals surface area contributed by atoms with E-state index in [2.05, 4.69) is 15.6 Å². The van der Waals surface area contributed by atoms with Gasteiger partial charge in [-0.05, 0) is 44.5 Å². The first-order chi connectivity index (χ1) is 16.3. The van der Waals surface area contributed by atoms with Crippen LogP contribution in [0.5, 0.6) is 0 Å². The van der Waals surface area contributed by atoms with E-state index in [1.165, 1.54) is 14.0 Å². The lowest BCUT2D eigenvalue weighted by atomic mass is 10.00. The van der Waals surface area contributed by atoms with E-state index in [-0.39, 0.29) is 23.9 Å². The second-order valence-corrected chi connectivity index (χ2v) is 7.11. The van der Waals surface area contributed by atoms with Gasteiger partial charge in [0.15, 0.2) is 0 Å². The van der Waals surface area contributed by atoms with Crippen molar-refractivity contribution in [1.82, 2.24) is 5.32 Å². The molecule has 0 saturated carbocycles. The number of aryl methyl sites for hydroxylation is 1. The molecule has 1 amide bonds. The molecule has 0 unspecified atom stereocenters. The van der Waals surface area contributed by atoms with Crippen LogP contribution in [0.4, 0.5) is 26.3 Å². The molecule has 6 nitrogen and oxygen atoms in total. The summed E-state index contributed by atoms with van der Waals surface area (Å²) in [6.07, 6.45) is -9.25. The van der Waals surface area contributed by atoms with Gasteiger partial charge in [-0.2, -0.15) is 26.3 Å². The molecule has 0 aromatic heterocycles. The van der Waals surface area contributed by atoms with Crippen molar-refractivity contribution < 1.29 is 40.8 Å². The van der Waals surface area contributed by atoms with Gasteiger partial charge in [-0.3, -0.25) is 4.79 Å². The minimum atomic E-state index is -4.94. The van der Waals surface area contributed by atoms with Crippen molar-refractivity contribution in [2.24, 2.45) is 10.3 Å². The molecule has 0 fully saturated rings. The maximum Gasteiger partial charge on any atom is 0.416 e. The van der Waals surface area contributed by atoms with Gasteiger partial charge >= 0.3 is 12.4 Å². The number of halogens is 6. The summed E-state index contributed by atoms with van der Waals surface area (Å²) >= 11 is 0. The maximum atomic E-state index is 13.0. The van der Waals surface area contributed by atoms with Gasteiger partial charge in [-0.1, -0.05) is 28.5 Å². The zero-order chi connectivity index (χ0) is 26.8. The topological polar surface area (TPSA) is 72.3 Å². The van der Waals surface area contributed by atoms with Crippen LogP contribution >= 0.6 is 0 Å². The first kappa shape index (κ1) is 29.5. The van der Waals surface area contributed by atoms with E-state index in [0.29, 0.717) is 35.4 Å². The Morgan fingerprint density at radius 2 is 1.51 bits per heavy atom. The monoisotopic (exact) mass is 505 g/mol. The second kappa shape index (κ2) is 12.8. The smallest absolute Gasteiger partial charge is 0.399 e. The predicted octanol–water partition coefficient (Wildman–Crippen LogP) is 5.71. The summed E-state index contributed by atoms with van der Waals surface area (Å²) in [6.45, 7) is 4.74. The van der Waals surface area contributed by atoms with Crippen LogP contribution in [0, 0.1) is 6.92 Å². The molecular weight excluding hydrogens is 480 g/mol. The average Bonchev–Trinajstić information content (AvgIpc) is 2.78. The maximum absolute atomic E-state index is 13.0. The molecule has 0 radical (unpaired) electrons. The van der Waals surface area contributed by atoms with Crippen LogP contribution in [-0.4, -0.2) is 32.0 Å². The molecule has 0 aliphatic rings. The van der Waals surface area contributed by atoms with Gasteiger partial charge in [0.05, 0.1) is 22.6 Å². The third kappa shape index (κ3) is 8.95. The zero-order valence-corrected chi connectivity index (χ0v) is 19.6. The van der Waals surface area contributed by atoms with E-state index in [1.54, 1.807) is 26.1 Å². The Balaban J connectivity index is 0.00000142. The summed E-state index contributed by atoms with van der Waals surface area (Å²) in [4.78, 5) is 19.1. The lowest BCUT2D eigenvalue weighted by Crippen LogP contribution is -2.13. The Bertz CT molecular complexity index is 1030. The number of rotatable bonds is 7. The van der Waals surface area contributed by atoms with E-state index < -0.39 is 23.5 Å². The largest absolute Gasteiger partial charge is 0.416 e. The van der Waals surface area contributed by atoms with Crippen LogP contribution in [0.3, 0.4) is 0 Å². The highest BCUT2D eigenvalue weighted by Gasteiger charge is 2.37. The molecule has 35 heavy (non-hydrogen) atoms. The number of carbonyl (C=O) groups excluding carboxylic acids is 1. The first-order valence-corrected chi connectivity index (χ1v) is 10.00. The third-order valence-corrected chi connectivity index (χ3v) is 4.56. The minimum Gasteiger partial charge on any atom is -0.399 e. The molecule has 2 aromatic carbocycles. The molecule has 0 aliphatic carbocycles. The van der Waals surface area contributed by atoms with Crippen molar-refractivity contribution in [3.63, 3.8) is 0 Å². The van der Waals surface area contributed by atoms with Gasteiger partial charge in [0.1, 0.15) is 13.7 Å². The van der Waals surface area contributed by atoms with Crippen molar-refractivity contribution in [3.05, 3.63) is 69.8 Å². The third-order valence-electron chi connectivity index (χ3n) is 4.56. The van der Waals surface area contributed by atoms with Crippen molar-refractivity contribution in [1.29, 1.82) is 0 Å². The zero-order valence-electron chi connectivity index (χ0n) is 19.6. The molecule has 12 heteroatoms. The summed E-state index contributed by atoms with van der Waals surface area (Å²) in [6, 6.07) is 6.68. The quantitative estimate of drug-likeness (QED) is 0.227. The molecule has 0 atom stereocenters. The Labute approximate surface area is 198 Å². The summed E-state index contributed by atoms with van der Waals surface area (Å²) in [7, 11) is 2.96. The van der Waals surface area contributed by atoms with E-state index in [0.717, 1.165) is 5.56 Å². The Morgan fingerprint density at radius 1 is 0.971 bits per heavy atom. The summed E-state index contributed by atoms with van der Waals surface area (Å²) in [5, 5.41) is 9.85. The number of amides is 1. The summed E-state index contributed by atoms with van der Waals surface area (Å²) in [5.41, 5.74) is -0.477. The standard InChI is InChI=1S/C21H20F6N2O2.C2H5NO/c1-12-6-5-7-18(14(3)28-30-4)19(12)11-31-29-13(2)15-8-16(20(22,23)24)10-17(9-15)21(25,26)27;1-3-2-4/h5-10H,11H2,1-4H3;2H,1H3,(H,3,4)/b28-14-,29-13+;. The van der Waals surface area contributed by atoms with Crippen LogP contribution < -0.4 is 5.32 Å². The number of hydrogen-bond acceptors (Lipinski definition) is 5. The fourth-order valence-electron chi connectivity index (χ4n) is 2.83. The van der Waals surface area contributed by atoms with Crippen molar-refractivity contribution >= 4 is 17.8 Å². The Kier molecular flexibility index (Phi) is 10.7. The summed E-state index contributed by atoms with van der Waals surface area (Å²) < 4.78 is 78.2. The number of carbonyl (C=O) groups is 1. The lowest BCUT2D eigenvalue weighted by molar-refractivity contribution is -0.143. The predicted molar refractivity (Wildman–Crippen MR) is 119 cm³/mol. The van der Waals surface area contributed by atoms with Crippen LogP contribution in [0.15, 0.2) is 46.7 Å². The SMILES string of the molecule is CNC=O.CO/N=C(/C)c1cccc(C)c1CO/N=C(\C)c1cc(C(F)(F)F)cc(C(F)(F)F)c1. The van der Waals surface area contributed by atoms with Crippen LogP contribution in [0.2, 0.25) is 0 Å². The van der Waals surface area contributed by atoms with Crippen molar-refractivity contribution in [3.8, 4) is 0 Å². The molecule has 0 heterocycles. The van der Waals surface area contributed by atoms with E-state index in [1.807, 2.05) is 13.0 Å². The Hall–Kier alpha value is -3.57. The van der Waals surface area contributed by atoms with E-state index in [4.69, 9.17) is 14.5 Å². The second-order valence-electron chi connectivity index (χ2n) is 7.11. The van der Waals surface area contributed by atoms with Crippen molar-refractivity contribution in [2.75, 3.05) is 14.2 Å². The van der Waals surface area contributed by atoms with Gasteiger partial charge in [0.25, 0.3) is 0 Å². The highest BCUT2D eigenvalue weighted by atomic mass is 19.4. The number of hydrogen-bond donors (Lipinski definition) is 1. The van der Waals surface area contributed by atoms with Gasteiger partial charge in [0.2, 0.25) is 6.41 Å². The van der Waals surface area contributed by atoms with E-state index in [9.17, 15) is 26.3 Å². The average molecular weight is 505 g/mol. The molecular formula is C23H25F6N3O3. The first-order valence-electron chi connectivity index (χ1n) is 10.00. The number of nitrogens with zero attached hydrogens (tertiary/aromatic N) is 2. The van der Waals surface area contributed by atoms with Gasteiger partial charge in [-0.15, -0.1) is 0 Å². The van der Waals surface area contributed by atoms with Crippen molar-refractivity contribution in [2.45, 2.75) is 39.7 Å². The molecule has 0 spiro atoms. The molecule has 0 bridgehead atoms.